The lowest BCUT2D eigenvalue weighted by Gasteiger charge is -2.12. The van der Waals surface area contributed by atoms with E-state index >= 15 is 0 Å². The standard InChI is InChI=1S/C27H28N2O7/c1-17-18(2)26(9-6-19(17)5-4-10-35-16-21(31)14-30)36-15-20-12-29-25(13-28-20)24-11-22(34-3)7-8-23(24)27(32)33/h6-9,11-13,21,30-31H,10,14-16H2,1-3H3,(H,32,33). The number of nitrogens with zero attached hydrogens (tertiary/aromatic N) is 2. The van der Waals surface area contributed by atoms with Gasteiger partial charge in [-0.15, -0.1) is 0 Å². The van der Waals surface area contributed by atoms with Crippen molar-refractivity contribution in [1.29, 1.82) is 0 Å². The maximum absolute atomic E-state index is 11.6. The van der Waals surface area contributed by atoms with Crippen molar-refractivity contribution in [1.82, 2.24) is 9.97 Å². The van der Waals surface area contributed by atoms with E-state index in [0.717, 1.165) is 16.7 Å². The Morgan fingerprint density at radius 2 is 1.92 bits per heavy atom. The third-order valence-corrected chi connectivity index (χ3v) is 5.47. The number of carboxylic acids is 1. The average molecular weight is 493 g/mol. The van der Waals surface area contributed by atoms with E-state index < -0.39 is 12.1 Å². The Bertz CT molecular complexity index is 1260. The highest BCUT2D eigenvalue weighted by Gasteiger charge is 2.15. The van der Waals surface area contributed by atoms with Crippen LogP contribution in [0.3, 0.4) is 0 Å². The second-order valence-electron chi connectivity index (χ2n) is 7.91. The van der Waals surface area contributed by atoms with Crippen LogP contribution in [0, 0.1) is 25.7 Å². The molecule has 188 valence electrons. The minimum atomic E-state index is -1.06. The first-order valence-electron chi connectivity index (χ1n) is 11.1. The second kappa shape index (κ2) is 12.7. The quantitative estimate of drug-likeness (QED) is 0.289. The van der Waals surface area contributed by atoms with E-state index in [4.69, 9.17) is 19.3 Å². The Morgan fingerprint density at radius 3 is 2.58 bits per heavy atom. The highest BCUT2D eigenvalue weighted by atomic mass is 16.5. The summed E-state index contributed by atoms with van der Waals surface area (Å²) in [5.74, 6) is 6.09. The van der Waals surface area contributed by atoms with Gasteiger partial charge in [0, 0.05) is 11.1 Å². The number of benzene rings is 2. The lowest BCUT2D eigenvalue weighted by Crippen LogP contribution is -2.19. The van der Waals surface area contributed by atoms with Gasteiger partial charge >= 0.3 is 5.97 Å². The van der Waals surface area contributed by atoms with Gasteiger partial charge in [0.1, 0.15) is 30.8 Å². The van der Waals surface area contributed by atoms with Gasteiger partial charge in [0.25, 0.3) is 0 Å². The molecule has 9 heteroatoms. The molecule has 0 aliphatic heterocycles. The zero-order valence-electron chi connectivity index (χ0n) is 20.3. The number of aromatic carboxylic acids is 1. The molecule has 9 nitrogen and oxygen atoms in total. The van der Waals surface area contributed by atoms with Crippen molar-refractivity contribution in [2.24, 2.45) is 0 Å². The Labute approximate surface area is 209 Å². The minimum Gasteiger partial charge on any atom is -0.497 e. The van der Waals surface area contributed by atoms with Crippen LogP contribution in [0.1, 0.15) is 32.7 Å². The molecule has 0 amide bonds. The maximum atomic E-state index is 11.6. The fraction of sp³-hybridized carbons (Fsp3) is 0.296. The van der Waals surface area contributed by atoms with Crippen LogP contribution in [0.4, 0.5) is 0 Å². The number of rotatable bonds is 10. The number of hydrogen-bond donors (Lipinski definition) is 3. The fourth-order valence-corrected chi connectivity index (χ4v) is 3.29. The summed E-state index contributed by atoms with van der Waals surface area (Å²) in [7, 11) is 1.51. The smallest absolute Gasteiger partial charge is 0.336 e. The van der Waals surface area contributed by atoms with E-state index in [2.05, 4.69) is 21.8 Å². The van der Waals surface area contributed by atoms with Crippen LogP contribution < -0.4 is 9.47 Å². The molecule has 1 aromatic heterocycles. The summed E-state index contributed by atoms with van der Waals surface area (Å²) >= 11 is 0. The number of hydrogen-bond acceptors (Lipinski definition) is 8. The first-order chi connectivity index (χ1) is 17.3. The molecular formula is C27H28N2O7. The molecule has 1 heterocycles. The molecule has 1 atom stereocenters. The Kier molecular flexibility index (Phi) is 9.36. The number of aliphatic hydroxyl groups is 2. The van der Waals surface area contributed by atoms with Crippen molar-refractivity contribution in [3.05, 3.63) is 70.7 Å². The van der Waals surface area contributed by atoms with E-state index in [-0.39, 0.29) is 32.0 Å². The summed E-state index contributed by atoms with van der Waals surface area (Å²) in [5.41, 5.74) is 4.27. The Balaban J connectivity index is 1.66. The first kappa shape index (κ1) is 26.6. The van der Waals surface area contributed by atoms with Crippen molar-refractivity contribution in [3.63, 3.8) is 0 Å². The van der Waals surface area contributed by atoms with Crippen LogP contribution in [-0.2, 0) is 11.3 Å². The predicted octanol–water partition coefficient (Wildman–Crippen LogP) is 2.77. The largest absolute Gasteiger partial charge is 0.497 e. The third kappa shape index (κ3) is 6.79. The predicted molar refractivity (Wildman–Crippen MR) is 132 cm³/mol. The monoisotopic (exact) mass is 492 g/mol. The maximum Gasteiger partial charge on any atom is 0.336 e. The Hall–Kier alpha value is -3.97. The molecule has 0 saturated heterocycles. The van der Waals surface area contributed by atoms with E-state index in [9.17, 15) is 15.0 Å². The third-order valence-electron chi connectivity index (χ3n) is 5.47. The molecule has 3 N–H and O–H groups in total. The van der Waals surface area contributed by atoms with Gasteiger partial charge in [-0.2, -0.15) is 0 Å². The molecule has 0 bridgehead atoms. The second-order valence-corrected chi connectivity index (χ2v) is 7.91. The van der Waals surface area contributed by atoms with Crippen LogP contribution in [0.2, 0.25) is 0 Å². The molecule has 0 aliphatic rings. The van der Waals surface area contributed by atoms with E-state index in [1.807, 2.05) is 26.0 Å². The summed E-state index contributed by atoms with van der Waals surface area (Å²) in [4.78, 5) is 20.3. The van der Waals surface area contributed by atoms with Crippen LogP contribution >= 0.6 is 0 Å². The van der Waals surface area contributed by atoms with Gasteiger partial charge in [-0.3, -0.25) is 9.97 Å². The molecule has 0 spiro atoms. The van der Waals surface area contributed by atoms with Gasteiger partial charge in [-0.1, -0.05) is 11.8 Å². The van der Waals surface area contributed by atoms with Gasteiger partial charge in [-0.25, -0.2) is 4.79 Å². The zero-order valence-corrected chi connectivity index (χ0v) is 20.3. The topological polar surface area (TPSA) is 131 Å². The van der Waals surface area contributed by atoms with Crippen LogP contribution in [0.5, 0.6) is 11.5 Å². The molecule has 0 radical (unpaired) electrons. The van der Waals surface area contributed by atoms with Crippen molar-refractivity contribution >= 4 is 5.97 Å². The molecule has 0 fully saturated rings. The summed E-state index contributed by atoms with van der Waals surface area (Å²) in [6, 6.07) is 8.37. The molecular weight excluding hydrogens is 464 g/mol. The van der Waals surface area contributed by atoms with Crippen molar-refractivity contribution in [3.8, 4) is 34.6 Å². The van der Waals surface area contributed by atoms with Gasteiger partial charge in [0.15, 0.2) is 0 Å². The SMILES string of the molecule is COc1ccc(C(=O)O)c(-c2cnc(COc3ccc(C#CCOCC(O)CO)c(C)c3C)cn2)c1. The summed E-state index contributed by atoms with van der Waals surface area (Å²) in [6.07, 6.45) is 2.16. The highest BCUT2D eigenvalue weighted by Crippen LogP contribution is 2.27. The molecule has 36 heavy (non-hydrogen) atoms. The van der Waals surface area contributed by atoms with E-state index in [1.54, 1.807) is 18.3 Å². The van der Waals surface area contributed by atoms with Crippen molar-refractivity contribution in [2.75, 3.05) is 26.9 Å². The Morgan fingerprint density at radius 1 is 1.11 bits per heavy atom. The highest BCUT2D eigenvalue weighted by molar-refractivity contribution is 5.95. The van der Waals surface area contributed by atoms with E-state index in [1.165, 1.54) is 19.4 Å². The van der Waals surface area contributed by atoms with Gasteiger partial charge in [0.2, 0.25) is 0 Å². The van der Waals surface area contributed by atoms with E-state index in [0.29, 0.717) is 28.5 Å². The molecule has 0 aliphatic carbocycles. The van der Waals surface area contributed by atoms with Crippen LogP contribution in [0.25, 0.3) is 11.3 Å². The van der Waals surface area contributed by atoms with Crippen LogP contribution in [0.15, 0.2) is 42.7 Å². The first-order valence-corrected chi connectivity index (χ1v) is 11.1. The number of aliphatic hydroxyl groups excluding tert-OH is 2. The number of carbonyl (C=O) groups is 1. The summed E-state index contributed by atoms with van der Waals surface area (Å²) in [6.45, 7) is 3.90. The zero-order chi connectivity index (χ0) is 26.1. The van der Waals surface area contributed by atoms with Crippen molar-refractivity contribution in [2.45, 2.75) is 26.6 Å². The summed E-state index contributed by atoms with van der Waals surface area (Å²) in [5, 5.41) is 27.5. The van der Waals surface area contributed by atoms with Crippen LogP contribution in [-0.4, -0.2) is 64.3 Å². The number of carboxylic acid groups (broad SMARTS) is 1. The normalized spacial score (nSPS) is 11.4. The van der Waals surface area contributed by atoms with Gasteiger partial charge in [-0.05, 0) is 55.3 Å². The molecule has 1 unspecified atom stereocenters. The number of methoxy groups -OCH3 is 1. The molecule has 3 aromatic rings. The molecule has 2 aromatic carbocycles. The minimum absolute atomic E-state index is 0.0279. The lowest BCUT2D eigenvalue weighted by molar-refractivity contribution is 0.0164. The number of ether oxygens (including phenoxy) is 3. The number of aromatic nitrogens is 2. The molecule has 3 rings (SSSR count). The van der Waals surface area contributed by atoms with Gasteiger partial charge in [0.05, 0.1) is 49.7 Å². The molecule has 0 saturated carbocycles. The fourth-order valence-electron chi connectivity index (χ4n) is 3.29. The average Bonchev–Trinajstić information content (AvgIpc) is 2.90. The van der Waals surface area contributed by atoms with Gasteiger partial charge < -0.3 is 29.5 Å². The lowest BCUT2D eigenvalue weighted by atomic mass is 10.0. The van der Waals surface area contributed by atoms with Crippen molar-refractivity contribution < 1.29 is 34.3 Å². The summed E-state index contributed by atoms with van der Waals surface area (Å²) < 4.78 is 16.3.